The van der Waals surface area contributed by atoms with Crippen molar-refractivity contribution in [2.45, 2.75) is 18.4 Å². The Kier molecular flexibility index (Phi) is 5.61. The molecule has 0 aromatic heterocycles. The number of esters is 1. The average Bonchev–Trinajstić information content (AvgIpc) is 3.34. The van der Waals surface area contributed by atoms with E-state index in [1.54, 1.807) is 0 Å². The average molecular weight is 422 g/mol. The molecular weight excluding hydrogens is 396 g/mol. The number of carbonyl (C=O) groups excluding carboxylic acids is 2. The van der Waals surface area contributed by atoms with E-state index in [2.05, 4.69) is 29.2 Å². The van der Waals surface area contributed by atoms with Crippen LogP contribution in [0.5, 0.6) is 0 Å². The molecule has 2 fully saturated rings. The van der Waals surface area contributed by atoms with Gasteiger partial charge in [0.15, 0.2) is 6.73 Å². The van der Waals surface area contributed by atoms with E-state index in [9.17, 15) is 9.59 Å². The Balaban J connectivity index is 1.24. The summed E-state index contributed by atoms with van der Waals surface area (Å²) in [6.07, 6.45) is 0.0305. The Bertz CT molecular complexity index is 926. The van der Waals surface area contributed by atoms with Gasteiger partial charge in [0.1, 0.15) is 12.6 Å². The van der Waals surface area contributed by atoms with Gasteiger partial charge in [0.25, 0.3) is 0 Å². The van der Waals surface area contributed by atoms with Crippen LogP contribution in [0.15, 0.2) is 48.5 Å². The second-order valence-corrected chi connectivity index (χ2v) is 8.12. The van der Waals surface area contributed by atoms with Crippen molar-refractivity contribution in [1.82, 2.24) is 9.80 Å². The summed E-state index contributed by atoms with van der Waals surface area (Å²) in [5.74, 6) is -0.371. The predicted octanol–water partition coefficient (Wildman–Crippen LogP) is 2.84. The van der Waals surface area contributed by atoms with Gasteiger partial charge >= 0.3 is 12.1 Å². The third-order valence-corrected chi connectivity index (χ3v) is 6.39. The van der Waals surface area contributed by atoms with E-state index in [-0.39, 0.29) is 25.2 Å². The molecule has 1 aliphatic carbocycles. The molecule has 2 aromatic carbocycles. The van der Waals surface area contributed by atoms with E-state index < -0.39 is 12.1 Å². The first-order valence-corrected chi connectivity index (χ1v) is 10.8. The molecule has 7 heteroatoms. The molecule has 2 heterocycles. The van der Waals surface area contributed by atoms with Crippen molar-refractivity contribution in [3.8, 4) is 11.1 Å². The first-order valence-electron chi connectivity index (χ1n) is 10.8. The van der Waals surface area contributed by atoms with Gasteiger partial charge in [-0.15, -0.1) is 0 Å². The summed E-state index contributed by atoms with van der Waals surface area (Å²) in [4.78, 5) is 28.8. The SMILES string of the molecule is O=C1OCN(C(=O)OCC2c3ccccc3-c3ccccc32)[C@H]1CCN1CCOCC1. The van der Waals surface area contributed by atoms with E-state index in [0.717, 1.165) is 30.8 Å². The molecule has 0 N–H and O–H groups in total. The van der Waals surface area contributed by atoms with Crippen LogP contribution in [0.3, 0.4) is 0 Å². The van der Waals surface area contributed by atoms with Crippen molar-refractivity contribution in [3.63, 3.8) is 0 Å². The van der Waals surface area contributed by atoms with E-state index >= 15 is 0 Å². The van der Waals surface area contributed by atoms with Gasteiger partial charge in [-0.2, -0.15) is 0 Å². The third-order valence-electron chi connectivity index (χ3n) is 6.39. The number of hydrogen-bond acceptors (Lipinski definition) is 6. The first-order chi connectivity index (χ1) is 15.2. The molecule has 5 rings (SSSR count). The summed E-state index contributed by atoms with van der Waals surface area (Å²) in [6, 6.07) is 15.8. The van der Waals surface area contributed by atoms with Crippen molar-refractivity contribution >= 4 is 12.1 Å². The minimum absolute atomic E-state index is 0.0117. The normalized spacial score (nSPS) is 21.0. The Morgan fingerprint density at radius 2 is 1.65 bits per heavy atom. The van der Waals surface area contributed by atoms with E-state index in [1.165, 1.54) is 16.0 Å². The molecule has 0 radical (unpaired) electrons. The largest absolute Gasteiger partial charge is 0.448 e. The van der Waals surface area contributed by atoms with Crippen LogP contribution in [0.25, 0.3) is 11.1 Å². The molecule has 3 aliphatic rings. The molecule has 2 aliphatic heterocycles. The van der Waals surface area contributed by atoms with Crippen molar-refractivity contribution < 1.29 is 23.8 Å². The van der Waals surface area contributed by atoms with Crippen LogP contribution in [0.1, 0.15) is 23.5 Å². The highest BCUT2D eigenvalue weighted by Gasteiger charge is 2.39. The van der Waals surface area contributed by atoms with E-state index in [4.69, 9.17) is 14.2 Å². The Hall–Kier alpha value is -2.90. The number of cyclic esters (lactones) is 1. The molecule has 0 unspecified atom stereocenters. The molecule has 0 saturated carbocycles. The highest BCUT2D eigenvalue weighted by Crippen LogP contribution is 2.44. The number of rotatable bonds is 5. The van der Waals surface area contributed by atoms with Crippen molar-refractivity contribution in [2.75, 3.05) is 46.2 Å². The monoisotopic (exact) mass is 422 g/mol. The quantitative estimate of drug-likeness (QED) is 0.691. The lowest BCUT2D eigenvalue weighted by Gasteiger charge is -2.28. The Morgan fingerprint density at radius 3 is 2.32 bits per heavy atom. The molecule has 1 atom stereocenters. The van der Waals surface area contributed by atoms with Crippen LogP contribution in [0.2, 0.25) is 0 Å². The maximum absolute atomic E-state index is 12.9. The van der Waals surface area contributed by atoms with Gasteiger partial charge in [0, 0.05) is 25.6 Å². The van der Waals surface area contributed by atoms with Gasteiger partial charge in [-0.1, -0.05) is 48.5 Å². The Labute approximate surface area is 181 Å². The smallest absolute Gasteiger partial charge is 0.413 e. The standard InChI is InChI=1S/C24H26N2O5/c27-23-22(9-10-25-11-13-29-14-12-25)26(16-31-23)24(28)30-15-21-19-7-3-1-5-17(19)18-6-2-4-8-20(18)21/h1-8,21-22H,9-16H2/t22-/m0/s1. The van der Waals surface area contributed by atoms with Gasteiger partial charge in [-0.3, -0.25) is 9.80 Å². The van der Waals surface area contributed by atoms with Gasteiger partial charge < -0.3 is 14.2 Å². The first kappa shape index (κ1) is 20.0. The van der Waals surface area contributed by atoms with Crippen LogP contribution in [-0.4, -0.2) is 74.1 Å². The molecule has 0 spiro atoms. The van der Waals surface area contributed by atoms with Crippen LogP contribution in [-0.2, 0) is 19.0 Å². The maximum atomic E-state index is 12.9. The van der Waals surface area contributed by atoms with Crippen LogP contribution in [0.4, 0.5) is 4.79 Å². The molecule has 0 bridgehead atoms. The number of amides is 1. The number of ether oxygens (including phenoxy) is 3. The lowest BCUT2D eigenvalue weighted by atomic mass is 9.98. The van der Waals surface area contributed by atoms with Gasteiger partial charge in [0.2, 0.25) is 0 Å². The summed E-state index contributed by atoms with van der Waals surface area (Å²) in [6.45, 7) is 3.98. The predicted molar refractivity (Wildman–Crippen MR) is 114 cm³/mol. The molecule has 2 saturated heterocycles. The number of benzene rings is 2. The molecular formula is C24H26N2O5. The minimum Gasteiger partial charge on any atom is -0.448 e. The molecule has 31 heavy (non-hydrogen) atoms. The van der Waals surface area contributed by atoms with Gasteiger partial charge in [-0.05, 0) is 28.7 Å². The highest BCUT2D eigenvalue weighted by atomic mass is 16.6. The minimum atomic E-state index is -0.599. The Morgan fingerprint density at radius 1 is 1.00 bits per heavy atom. The lowest BCUT2D eigenvalue weighted by molar-refractivity contribution is -0.139. The number of nitrogens with zero attached hydrogens (tertiary/aromatic N) is 2. The second-order valence-electron chi connectivity index (χ2n) is 8.12. The molecule has 162 valence electrons. The fourth-order valence-corrected chi connectivity index (χ4v) is 4.71. The third kappa shape index (κ3) is 3.91. The molecule has 7 nitrogen and oxygen atoms in total. The van der Waals surface area contributed by atoms with Gasteiger partial charge in [0.05, 0.1) is 13.2 Å². The number of carbonyl (C=O) groups is 2. The highest BCUT2D eigenvalue weighted by molar-refractivity contribution is 5.84. The number of hydrogen-bond donors (Lipinski definition) is 0. The van der Waals surface area contributed by atoms with Crippen molar-refractivity contribution in [1.29, 1.82) is 0 Å². The summed E-state index contributed by atoms with van der Waals surface area (Å²) in [5.41, 5.74) is 4.69. The van der Waals surface area contributed by atoms with Gasteiger partial charge in [-0.25, -0.2) is 9.59 Å². The summed E-state index contributed by atoms with van der Waals surface area (Å²) in [5, 5.41) is 0. The summed E-state index contributed by atoms with van der Waals surface area (Å²) >= 11 is 0. The van der Waals surface area contributed by atoms with Crippen molar-refractivity contribution in [3.05, 3.63) is 59.7 Å². The summed E-state index contributed by atoms with van der Waals surface area (Å²) in [7, 11) is 0. The van der Waals surface area contributed by atoms with E-state index in [1.807, 2.05) is 24.3 Å². The van der Waals surface area contributed by atoms with Crippen molar-refractivity contribution in [2.24, 2.45) is 0 Å². The van der Waals surface area contributed by atoms with Crippen LogP contribution < -0.4 is 0 Å². The van der Waals surface area contributed by atoms with E-state index in [0.29, 0.717) is 19.6 Å². The number of morpholine rings is 1. The molecule has 1 amide bonds. The molecule has 2 aromatic rings. The zero-order valence-corrected chi connectivity index (χ0v) is 17.4. The second kappa shape index (κ2) is 8.69. The fraction of sp³-hybridized carbons (Fsp3) is 0.417. The van der Waals surface area contributed by atoms with Crippen LogP contribution >= 0.6 is 0 Å². The lowest BCUT2D eigenvalue weighted by Crippen LogP contribution is -2.43. The fourth-order valence-electron chi connectivity index (χ4n) is 4.71. The number of fused-ring (bicyclic) bond motifs is 3. The zero-order valence-electron chi connectivity index (χ0n) is 17.4. The summed E-state index contributed by atoms with van der Waals surface area (Å²) < 4.78 is 16.2. The van der Waals surface area contributed by atoms with Crippen LogP contribution in [0, 0.1) is 0 Å². The topological polar surface area (TPSA) is 68.3 Å². The maximum Gasteiger partial charge on any atom is 0.413 e. The zero-order chi connectivity index (χ0) is 21.2.